The van der Waals surface area contributed by atoms with Gasteiger partial charge >= 0.3 is 0 Å². The molecule has 2 N–H and O–H groups in total. The molecule has 1 saturated carbocycles. The number of carbonyl (C=O) groups excluding carboxylic acids is 2. The Morgan fingerprint density at radius 2 is 1.67 bits per heavy atom. The second-order valence-corrected chi connectivity index (χ2v) is 9.76. The predicted molar refractivity (Wildman–Crippen MR) is 137 cm³/mol. The number of ether oxygens (including phenoxy) is 2. The Bertz CT molecular complexity index is 1100. The summed E-state index contributed by atoms with van der Waals surface area (Å²) in [6.45, 7) is 1.38. The van der Waals surface area contributed by atoms with E-state index in [4.69, 9.17) is 9.47 Å². The normalized spacial score (nSPS) is 18.8. The van der Waals surface area contributed by atoms with Gasteiger partial charge in [0.1, 0.15) is 16.9 Å². The minimum Gasteiger partial charge on any atom is -0.496 e. The van der Waals surface area contributed by atoms with Crippen molar-refractivity contribution < 1.29 is 19.1 Å². The third-order valence-corrected chi connectivity index (χ3v) is 7.08. The van der Waals surface area contributed by atoms with E-state index in [0.29, 0.717) is 18.9 Å². The van der Waals surface area contributed by atoms with Crippen LogP contribution in [0.4, 0.5) is 0 Å². The fraction of sp³-hybridized carbons (Fsp3) is 0.536. The van der Waals surface area contributed by atoms with E-state index in [2.05, 4.69) is 10.6 Å². The summed E-state index contributed by atoms with van der Waals surface area (Å²) in [6.07, 6.45) is 12.5. The molecule has 1 aromatic heterocycles. The van der Waals surface area contributed by atoms with Crippen molar-refractivity contribution in [1.82, 2.24) is 15.2 Å². The Morgan fingerprint density at radius 3 is 2.36 bits per heavy atom. The van der Waals surface area contributed by atoms with Crippen molar-refractivity contribution in [3.05, 3.63) is 63.6 Å². The van der Waals surface area contributed by atoms with Crippen LogP contribution in [-0.2, 0) is 17.8 Å². The van der Waals surface area contributed by atoms with Crippen LogP contribution >= 0.6 is 0 Å². The number of benzene rings is 1. The van der Waals surface area contributed by atoms with Gasteiger partial charge in [-0.2, -0.15) is 0 Å². The molecule has 1 saturated heterocycles. The smallest absolute Gasteiger partial charge is 0.257 e. The zero-order valence-electron chi connectivity index (χ0n) is 21.1. The second-order valence-electron chi connectivity index (χ2n) is 9.76. The number of pyridine rings is 1. The van der Waals surface area contributed by atoms with Crippen molar-refractivity contribution in [2.24, 2.45) is 0 Å². The van der Waals surface area contributed by atoms with E-state index in [1.807, 2.05) is 24.3 Å². The van der Waals surface area contributed by atoms with Crippen LogP contribution < -0.4 is 20.8 Å². The van der Waals surface area contributed by atoms with Gasteiger partial charge in [-0.1, -0.05) is 50.3 Å². The molecule has 36 heavy (non-hydrogen) atoms. The molecule has 1 aromatic carbocycles. The lowest BCUT2D eigenvalue weighted by Crippen LogP contribution is -2.40. The number of methoxy groups -OCH3 is 1. The van der Waals surface area contributed by atoms with Crippen molar-refractivity contribution >= 4 is 11.8 Å². The van der Waals surface area contributed by atoms with Crippen molar-refractivity contribution in [3.8, 4) is 5.75 Å². The molecule has 2 fully saturated rings. The Kier molecular flexibility index (Phi) is 9.17. The summed E-state index contributed by atoms with van der Waals surface area (Å²) in [6, 6.07) is 7.43. The summed E-state index contributed by atoms with van der Waals surface area (Å²) >= 11 is 0. The molecule has 2 aliphatic rings. The first-order valence-electron chi connectivity index (χ1n) is 13.1. The number of hydrogen-bond donors (Lipinski definition) is 2. The van der Waals surface area contributed by atoms with Gasteiger partial charge in [-0.05, 0) is 31.7 Å². The Hall–Kier alpha value is -3.13. The number of aromatic nitrogens is 1. The first kappa shape index (κ1) is 25.9. The van der Waals surface area contributed by atoms with Crippen LogP contribution in [0.25, 0.3) is 0 Å². The highest BCUT2D eigenvalue weighted by Crippen LogP contribution is 2.19. The van der Waals surface area contributed by atoms with E-state index in [-0.39, 0.29) is 29.8 Å². The summed E-state index contributed by atoms with van der Waals surface area (Å²) < 4.78 is 12.9. The number of amides is 2. The molecule has 0 spiro atoms. The molecule has 8 nitrogen and oxygen atoms in total. The van der Waals surface area contributed by atoms with E-state index in [9.17, 15) is 14.4 Å². The van der Waals surface area contributed by atoms with Crippen LogP contribution in [0.15, 0.2) is 41.5 Å². The van der Waals surface area contributed by atoms with Gasteiger partial charge in [-0.25, -0.2) is 0 Å². The fourth-order valence-electron chi connectivity index (χ4n) is 5.07. The molecule has 1 aliphatic heterocycles. The topological polar surface area (TPSA) is 98.7 Å². The zero-order valence-corrected chi connectivity index (χ0v) is 21.1. The molecule has 2 aromatic rings. The largest absolute Gasteiger partial charge is 0.496 e. The number of hydrogen-bond acceptors (Lipinski definition) is 5. The van der Waals surface area contributed by atoms with Crippen LogP contribution in [-0.4, -0.2) is 42.2 Å². The molecule has 194 valence electrons. The molecule has 1 atom stereocenters. The molecule has 4 rings (SSSR count). The Labute approximate surface area is 212 Å². The van der Waals surface area contributed by atoms with E-state index < -0.39 is 17.2 Å². The number of nitrogens with one attached hydrogen (secondary N) is 2. The SMILES string of the molecule is COc1ccccc1CNC(=O)c1cn(CC2CCCO2)cc(C(=O)NC2CCCCCCC2)c1=O. The van der Waals surface area contributed by atoms with Gasteiger partial charge < -0.3 is 24.7 Å². The number of carbonyl (C=O) groups is 2. The molecule has 2 amide bonds. The average molecular weight is 496 g/mol. The van der Waals surface area contributed by atoms with Crippen molar-refractivity contribution in [1.29, 1.82) is 0 Å². The third-order valence-electron chi connectivity index (χ3n) is 7.08. The lowest BCUT2D eigenvalue weighted by Gasteiger charge is -2.21. The second kappa shape index (κ2) is 12.7. The minimum atomic E-state index is -0.556. The van der Waals surface area contributed by atoms with Gasteiger partial charge in [0.25, 0.3) is 11.8 Å². The Morgan fingerprint density at radius 1 is 0.972 bits per heavy atom. The van der Waals surface area contributed by atoms with E-state index >= 15 is 0 Å². The molecule has 0 bridgehead atoms. The molecule has 1 unspecified atom stereocenters. The van der Waals surface area contributed by atoms with Gasteiger partial charge in [0.05, 0.1) is 13.2 Å². The standard InChI is InChI=1S/C28H37N3O5/c1-35-25-14-8-7-10-20(25)16-29-27(33)23-18-31(17-22-13-9-15-36-22)19-24(26(23)32)28(34)30-21-11-5-3-2-4-6-12-21/h7-8,10,14,18-19,21-22H,2-6,9,11-13,15-17H2,1H3,(H,29,33)(H,30,34). The lowest BCUT2D eigenvalue weighted by atomic mass is 9.96. The quantitative estimate of drug-likeness (QED) is 0.580. The first-order valence-corrected chi connectivity index (χ1v) is 13.1. The molecule has 0 radical (unpaired) electrons. The zero-order chi connectivity index (χ0) is 25.3. The van der Waals surface area contributed by atoms with Gasteiger partial charge in [-0.3, -0.25) is 14.4 Å². The number of para-hydroxylation sites is 1. The minimum absolute atomic E-state index is 0.00000181. The van der Waals surface area contributed by atoms with Gasteiger partial charge in [0, 0.05) is 43.7 Å². The molecular weight excluding hydrogens is 458 g/mol. The number of nitrogens with zero attached hydrogens (tertiary/aromatic N) is 1. The molecule has 2 heterocycles. The van der Waals surface area contributed by atoms with Gasteiger partial charge in [0.15, 0.2) is 0 Å². The molecular formula is C28H37N3O5. The van der Waals surface area contributed by atoms with Crippen LogP contribution in [0.2, 0.25) is 0 Å². The summed E-state index contributed by atoms with van der Waals surface area (Å²) in [5, 5.41) is 5.89. The fourth-order valence-corrected chi connectivity index (χ4v) is 5.07. The van der Waals surface area contributed by atoms with Gasteiger partial charge in [0.2, 0.25) is 5.43 Å². The highest BCUT2D eigenvalue weighted by atomic mass is 16.5. The van der Waals surface area contributed by atoms with Crippen molar-refractivity contribution in [3.63, 3.8) is 0 Å². The predicted octanol–water partition coefficient (Wildman–Crippen LogP) is 3.81. The van der Waals surface area contributed by atoms with Crippen LogP contribution in [0.1, 0.15) is 84.1 Å². The average Bonchev–Trinajstić information content (AvgIpc) is 3.38. The molecule has 1 aliphatic carbocycles. The third kappa shape index (κ3) is 6.75. The Balaban J connectivity index is 1.56. The summed E-state index contributed by atoms with van der Waals surface area (Å²) in [5.74, 6) is -0.278. The van der Waals surface area contributed by atoms with E-state index in [1.54, 1.807) is 17.9 Å². The monoisotopic (exact) mass is 495 g/mol. The summed E-state index contributed by atoms with van der Waals surface area (Å²) in [7, 11) is 1.57. The van der Waals surface area contributed by atoms with Crippen molar-refractivity contribution in [2.75, 3.05) is 13.7 Å². The van der Waals surface area contributed by atoms with E-state index in [0.717, 1.165) is 44.1 Å². The number of rotatable bonds is 8. The maximum atomic E-state index is 13.3. The van der Waals surface area contributed by atoms with Gasteiger partial charge in [-0.15, -0.1) is 0 Å². The highest BCUT2D eigenvalue weighted by molar-refractivity contribution is 5.99. The molecule has 8 heteroatoms. The highest BCUT2D eigenvalue weighted by Gasteiger charge is 2.24. The maximum absolute atomic E-state index is 13.3. The first-order chi connectivity index (χ1) is 17.5. The summed E-state index contributed by atoms with van der Waals surface area (Å²) in [4.78, 5) is 39.8. The van der Waals surface area contributed by atoms with Crippen molar-refractivity contribution in [2.45, 2.75) is 83.0 Å². The maximum Gasteiger partial charge on any atom is 0.257 e. The van der Waals surface area contributed by atoms with Crippen LogP contribution in [0.3, 0.4) is 0 Å². The van der Waals surface area contributed by atoms with Crippen LogP contribution in [0.5, 0.6) is 5.75 Å². The van der Waals surface area contributed by atoms with E-state index in [1.165, 1.54) is 25.5 Å². The van der Waals surface area contributed by atoms with Crippen LogP contribution in [0, 0.1) is 0 Å². The summed E-state index contributed by atoms with van der Waals surface area (Å²) in [5.41, 5.74) is 0.193. The lowest BCUT2D eigenvalue weighted by molar-refractivity contribution is 0.0914.